The summed E-state index contributed by atoms with van der Waals surface area (Å²) in [6.07, 6.45) is 0. The molecular weight excluding hydrogens is 287 g/mol. The molecule has 2 aromatic carbocycles. The number of hydrogen-bond donors (Lipinski definition) is 2. The lowest BCUT2D eigenvalue weighted by molar-refractivity contribution is -0.113. The molecule has 0 aromatic heterocycles. The second-order valence-corrected chi connectivity index (χ2v) is 5.75. The molecule has 0 aliphatic heterocycles. The van der Waals surface area contributed by atoms with Crippen LogP contribution in [0.15, 0.2) is 53.4 Å². The predicted molar refractivity (Wildman–Crippen MR) is 84.8 cm³/mol. The molecule has 0 aliphatic carbocycles. The van der Waals surface area contributed by atoms with Crippen molar-refractivity contribution in [2.45, 2.75) is 17.9 Å². The molecule has 0 radical (unpaired) electrons. The van der Waals surface area contributed by atoms with Crippen LogP contribution in [0, 0.1) is 5.82 Å². The minimum atomic E-state index is -0.323. The van der Waals surface area contributed by atoms with E-state index >= 15 is 0 Å². The number of anilines is 1. The van der Waals surface area contributed by atoms with E-state index in [4.69, 9.17) is 5.73 Å². The van der Waals surface area contributed by atoms with E-state index in [0.29, 0.717) is 11.4 Å². The summed E-state index contributed by atoms with van der Waals surface area (Å²) in [5.74, 6) is -0.144. The molecule has 1 atom stereocenters. The fraction of sp³-hybridized carbons (Fsp3) is 0.188. The average molecular weight is 304 g/mol. The maximum absolute atomic E-state index is 12.8. The predicted octanol–water partition coefficient (Wildman–Crippen LogP) is 3.58. The number of hydrogen-bond acceptors (Lipinski definition) is 3. The maximum Gasteiger partial charge on any atom is 0.234 e. The van der Waals surface area contributed by atoms with Crippen molar-refractivity contribution in [3.63, 3.8) is 0 Å². The fourth-order valence-electron chi connectivity index (χ4n) is 1.75. The van der Waals surface area contributed by atoms with Gasteiger partial charge in [0.15, 0.2) is 0 Å². The van der Waals surface area contributed by atoms with Gasteiger partial charge in [0.2, 0.25) is 5.91 Å². The molecule has 0 aliphatic rings. The first-order valence-corrected chi connectivity index (χ1v) is 7.57. The third-order valence-electron chi connectivity index (χ3n) is 2.90. The number of halogens is 1. The van der Waals surface area contributed by atoms with Crippen LogP contribution >= 0.6 is 11.8 Å². The SMILES string of the molecule is CC(N)c1ccc(SCC(=O)Nc2ccc(F)cc2)cc1. The highest BCUT2D eigenvalue weighted by Crippen LogP contribution is 2.20. The molecular formula is C16H17FN2OS. The molecule has 5 heteroatoms. The Morgan fingerprint density at radius 1 is 1.19 bits per heavy atom. The van der Waals surface area contributed by atoms with Crippen LogP contribution in [-0.4, -0.2) is 11.7 Å². The number of nitrogens with one attached hydrogen (secondary N) is 1. The summed E-state index contributed by atoms with van der Waals surface area (Å²) in [4.78, 5) is 12.8. The zero-order chi connectivity index (χ0) is 15.2. The van der Waals surface area contributed by atoms with Gasteiger partial charge in [-0.25, -0.2) is 4.39 Å². The Hall–Kier alpha value is -1.85. The minimum Gasteiger partial charge on any atom is -0.325 e. The van der Waals surface area contributed by atoms with Crippen molar-refractivity contribution in [3.05, 3.63) is 59.9 Å². The first kappa shape index (κ1) is 15.5. The fourth-order valence-corrected chi connectivity index (χ4v) is 2.45. The molecule has 3 nitrogen and oxygen atoms in total. The number of nitrogens with two attached hydrogens (primary N) is 1. The van der Waals surface area contributed by atoms with Crippen molar-refractivity contribution in [3.8, 4) is 0 Å². The van der Waals surface area contributed by atoms with Gasteiger partial charge in [0.25, 0.3) is 0 Å². The number of benzene rings is 2. The molecule has 0 fully saturated rings. The van der Waals surface area contributed by atoms with E-state index < -0.39 is 0 Å². The van der Waals surface area contributed by atoms with Gasteiger partial charge in [-0.15, -0.1) is 11.8 Å². The van der Waals surface area contributed by atoms with Gasteiger partial charge in [-0.1, -0.05) is 12.1 Å². The van der Waals surface area contributed by atoms with Crippen molar-refractivity contribution >= 4 is 23.4 Å². The smallest absolute Gasteiger partial charge is 0.234 e. The third-order valence-corrected chi connectivity index (χ3v) is 3.92. The zero-order valence-corrected chi connectivity index (χ0v) is 12.5. The van der Waals surface area contributed by atoms with Crippen molar-refractivity contribution in [1.82, 2.24) is 0 Å². The van der Waals surface area contributed by atoms with Gasteiger partial charge in [0.05, 0.1) is 5.75 Å². The molecule has 0 saturated carbocycles. The summed E-state index contributed by atoms with van der Waals surface area (Å²) in [6, 6.07) is 13.5. The molecule has 0 saturated heterocycles. The number of amides is 1. The summed E-state index contributed by atoms with van der Waals surface area (Å²) in [6.45, 7) is 1.93. The molecule has 2 aromatic rings. The van der Waals surface area contributed by atoms with E-state index in [9.17, 15) is 9.18 Å². The first-order chi connectivity index (χ1) is 10.0. The van der Waals surface area contributed by atoms with Crippen molar-refractivity contribution in [1.29, 1.82) is 0 Å². The lowest BCUT2D eigenvalue weighted by atomic mass is 10.1. The standard InChI is InChI=1S/C16H17FN2OS/c1-11(18)12-2-8-15(9-3-12)21-10-16(20)19-14-6-4-13(17)5-7-14/h2-9,11H,10,18H2,1H3,(H,19,20). The highest BCUT2D eigenvalue weighted by atomic mass is 32.2. The maximum atomic E-state index is 12.8. The Labute approximate surface area is 127 Å². The van der Waals surface area contributed by atoms with Gasteiger partial charge in [-0.2, -0.15) is 0 Å². The molecule has 0 bridgehead atoms. The minimum absolute atomic E-state index is 0.00539. The largest absolute Gasteiger partial charge is 0.325 e. The van der Waals surface area contributed by atoms with Gasteiger partial charge in [-0.05, 0) is 48.9 Å². The van der Waals surface area contributed by atoms with Gasteiger partial charge >= 0.3 is 0 Å². The summed E-state index contributed by atoms with van der Waals surface area (Å²) in [7, 11) is 0. The second kappa shape index (κ2) is 7.24. The van der Waals surface area contributed by atoms with Crippen LogP contribution in [0.3, 0.4) is 0 Å². The van der Waals surface area contributed by atoms with E-state index in [1.54, 1.807) is 0 Å². The topological polar surface area (TPSA) is 55.1 Å². The highest BCUT2D eigenvalue weighted by molar-refractivity contribution is 8.00. The van der Waals surface area contributed by atoms with E-state index in [-0.39, 0.29) is 17.8 Å². The molecule has 1 amide bonds. The van der Waals surface area contributed by atoms with Crippen LogP contribution in [0.1, 0.15) is 18.5 Å². The first-order valence-electron chi connectivity index (χ1n) is 6.58. The van der Waals surface area contributed by atoms with Crippen LogP contribution in [-0.2, 0) is 4.79 Å². The van der Waals surface area contributed by atoms with Gasteiger partial charge in [0, 0.05) is 16.6 Å². The highest BCUT2D eigenvalue weighted by Gasteiger charge is 2.05. The van der Waals surface area contributed by atoms with Crippen LogP contribution in [0.25, 0.3) is 0 Å². The summed E-state index contributed by atoms with van der Waals surface area (Å²) < 4.78 is 12.8. The number of thioether (sulfide) groups is 1. The molecule has 3 N–H and O–H groups in total. The molecule has 21 heavy (non-hydrogen) atoms. The Bertz CT molecular complexity index is 597. The Morgan fingerprint density at radius 2 is 1.81 bits per heavy atom. The summed E-state index contributed by atoms with van der Waals surface area (Å²) in [5, 5.41) is 2.72. The second-order valence-electron chi connectivity index (χ2n) is 4.70. The van der Waals surface area contributed by atoms with E-state index in [0.717, 1.165) is 10.5 Å². The van der Waals surface area contributed by atoms with Gasteiger partial charge in [0.1, 0.15) is 5.82 Å². The molecule has 2 rings (SSSR count). The van der Waals surface area contributed by atoms with Crippen LogP contribution in [0.2, 0.25) is 0 Å². The van der Waals surface area contributed by atoms with Crippen LogP contribution in [0.4, 0.5) is 10.1 Å². The van der Waals surface area contributed by atoms with Gasteiger partial charge in [-0.3, -0.25) is 4.79 Å². The third kappa shape index (κ3) is 4.88. The number of carbonyl (C=O) groups excluding carboxylic acids is 1. The van der Waals surface area contributed by atoms with E-state index in [1.807, 2.05) is 31.2 Å². The molecule has 1 unspecified atom stereocenters. The lowest BCUT2D eigenvalue weighted by Crippen LogP contribution is -2.13. The van der Waals surface area contributed by atoms with E-state index in [1.165, 1.54) is 36.0 Å². The monoisotopic (exact) mass is 304 g/mol. The number of rotatable bonds is 5. The summed E-state index contributed by atoms with van der Waals surface area (Å²) >= 11 is 1.44. The Morgan fingerprint density at radius 3 is 2.38 bits per heavy atom. The number of carbonyl (C=O) groups is 1. The molecule has 110 valence electrons. The molecule has 0 spiro atoms. The van der Waals surface area contributed by atoms with Crippen molar-refractivity contribution in [2.75, 3.05) is 11.1 Å². The van der Waals surface area contributed by atoms with Gasteiger partial charge < -0.3 is 11.1 Å². The van der Waals surface area contributed by atoms with Crippen molar-refractivity contribution < 1.29 is 9.18 Å². The average Bonchev–Trinajstić information content (AvgIpc) is 2.48. The van der Waals surface area contributed by atoms with Crippen molar-refractivity contribution in [2.24, 2.45) is 5.73 Å². The molecule has 0 heterocycles. The lowest BCUT2D eigenvalue weighted by Gasteiger charge is -2.07. The normalized spacial score (nSPS) is 12.0. The zero-order valence-electron chi connectivity index (χ0n) is 11.7. The quantitative estimate of drug-likeness (QED) is 0.830. The Kier molecular flexibility index (Phi) is 5.36. The van der Waals surface area contributed by atoms with E-state index in [2.05, 4.69) is 5.32 Å². The Balaban J connectivity index is 1.84. The van der Waals surface area contributed by atoms with Crippen LogP contribution in [0.5, 0.6) is 0 Å². The van der Waals surface area contributed by atoms with Crippen LogP contribution < -0.4 is 11.1 Å². The summed E-state index contributed by atoms with van der Waals surface area (Å²) in [5.41, 5.74) is 7.44.